The van der Waals surface area contributed by atoms with Crippen LogP contribution >= 0.6 is 0 Å². The van der Waals surface area contributed by atoms with Crippen molar-refractivity contribution in [2.75, 3.05) is 0 Å². The Hall–Kier alpha value is -1.14. The van der Waals surface area contributed by atoms with Crippen LogP contribution in [0.5, 0.6) is 0 Å². The van der Waals surface area contributed by atoms with Gasteiger partial charge in [-0.1, -0.05) is 206 Å². The predicted octanol–water partition coefficient (Wildman–Crippen LogP) is 11.4. The maximum atomic E-state index is 10.4. The molecule has 0 saturated heterocycles. The third-order valence-electron chi connectivity index (χ3n) is 8.73. The molecular formula is C38H76O6. The van der Waals surface area contributed by atoms with Gasteiger partial charge < -0.3 is 20.4 Å². The first-order valence-corrected chi connectivity index (χ1v) is 19.2. The molecular weight excluding hydrogens is 552 g/mol. The number of aliphatic carboxylic acids is 2. The third kappa shape index (κ3) is 38.9. The number of aliphatic hydroxyl groups is 2. The van der Waals surface area contributed by atoms with Crippen LogP contribution in [-0.4, -0.2) is 44.6 Å². The SMILES string of the molecule is CCCCCCCCCCCCCCCCC(O)C(=O)O.CCCCCCCCCCCCCCCCCCC(O)C(=O)O. The number of carboxylic acid groups (broad SMARTS) is 2. The Morgan fingerprint density at radius 3 is 0.659 bits per heavy atom. The van der Waals surface area contributed by atoms with Crippen molar-refractivity contribution in [3.63, 3.8) is 0 Å². The summed E-state index contributed by atoms with van der Waals surface area (Å²) >= 11 is 0. The smallest absolute Gasteiger partial charge is 0.332 e. The molecule has 0 aliphatic carbocycles. The van der Waals surface area contributed by atoms with Gasteiger partial charge in [0.25, 0.3) is 0 Å². The number of carbonyl (C=O) groups is 2. The number of hydrogen-bond donors (Lipinski definition) is 4. The molecule has 6 heteroatoms. The maximum absolute atomic E-state index is 10.4. The van der Waals surface area contributed by atoms with Crippen LogP contribution in [0.25, 0.3) is 0 Å². The minimum absolute atomic E-state index is 0.396. The van der Waals surface area contributed by atoms with Gasteiger partial charge in [0.15, 0.2) is 12.2 Å². The Balaban J connectivity index is 0. The quantitative estimate of drug-likeness (QED) is 0.0527. The molecule has 0 bridgehead atoms. The molecule has 0 aliphatic heterocycles. The Morgan fingerprint density at radius 1 is 0.341 bits per heavy atom. The van der Waals surface area contributed by atoms with Crippen molar-refractivity contribution in [2.24, 2.45) is 0 Å². The fourth-order valence-electron chi connectivity index (χ4n) is 5.66. The highest BCUT2D eigenvalue weighted by molar-refractivity contribution is 5.72. The average Bonchev–Trinajstić information content (AvgIpc) is 3.01. The largest absolute Gasteiger partial charge is 0.479 e. The highest BCUT2D eigenvalue weighted by Crippen LogP contribution is 2.15. The lowest BCUT2D eigenvalue weighted by Gasteiger charge is -2.05. The number of unbranched alkanes of at least 4 members (excludes halogenated alkanes) is 28. The van der Waals surface area contributed by atoms with Gasteiger partial charge in [-0.2, -0.15) is 0 Å². The van der Waals surface area contributed by atoms with Crippen LogP contribution in [0.1, 0.15) is 219 Å². The summed E-state index contributed by atoms with van der Waals surface area (Å²) in [6.45, 7) is 4.53. The summed E-state index contributed by atoms with van der Waals surface area (Å²) in [5.41, 5.74) is 0. The summed E-state index contributed by atoms with van der Waals surface area (Å²) in [7, 11) is 0. The molecule has 0 saturated carbocycles. The Labute approximate surface area is 273 Å². The van der Waals surface area contributed by atoms with Crippen molar-refractivity contribution in [3.8, 4) is 0 Å². The number of carboxylic acids is 2. The summed E-state index contributed by atoms with van der Waals surface area (Å²) in [6, 6.07) is 0. The van der Waals surface area contributed by atoms with E-state index in [0.29, 0.717) is 12.8 Å². The summed E-state index contributed by atoms with van der Waals surface area (Å²) in [5, 5.41) is 35.4. The van der Waals surface area contributed by atoms with Crippen LogP contribution in [0.4, 0.5) is 0 Å². The Kier molecular flexibility index (Phi) is 38.9. The lowest BCUT2D eigenvalue weighted by Crippen LogP contribution is -2.18. The second-order valence-electron chi connectivity index (χ2n) is 13.2. The molecule has 4 N–H and O–H groups in total. The number of hydrogen-bond acceptors (Lipinski definition) is 4. The molecule has 0 aliphatic rings. The van der Waals surface area contributed by atoms with Crippen LogP contribution in [-0.2, 0) is 9.59 Å². The van der Waals surface area contributed by atoms with Crippen molar-refractivity contribution >= 4 is 11.9 Å². The molecule has 2 atom stereocenters. The van der Waals surface area contributed by atoms with Crippen LogP contribution in [0.3, 0.4) is 0 Å². The lowest BCUT2D eigenvalue weighted by molar-refractivity contribution is -0.147. The summed E-state index contributed by atoms with van der Waals surface area (Å²) in [5.74, 6) is -2.18. The predicted molar refractivity (Wildman–Crippen MR) is 186 cm³/mol. The third-order valence-corrected chi connectivity index (χ3v) is 8.73. The van der Waals surface area contributed by atoms with Gasteiger partial charge >= 0.3 is 11.9 Å². The van der Waals surface area contributed by atoms with Gasteiger partial charge in [0.05, 0.1) is 0 Å². The molecule has 0 rings (SSSR count). The van der Waals surface area contributed by atoms with Crippen molar-refractivity contribution in [2.45, 2.75) is 232 Å². The van der Waals surface area contributed by atoms with E-state index in [2.05, 4.69) is 13.8 Å². The van der Waals surface area contributed by atoms with E-state index in [1.54, 1.807) is 0 Å². The van der Waals surface area contributed by atoms with E-state index in [4.69, 9.17) is 20.4 Å². The lowest BCUT2D eigenvalue weighted by atomic mass is 10.0. The van der Waals surface area contributed by atoms with Gasteiger partial charge in [0.1, 0.15) is 0 Å². The van der Waals surface area contributed by atoms with Crippen molar-refractivity contribution in [3.05, 3.63) is 0 Å². The molecule has 0 aromatic carbocycles. The molecule has 0 fully saturated rings. The zero-order valence-electron chi connectivity index (χ0n) is 29.4. The van der Waals surface area contributed by atoms with E-state index in [1.807, 2.05) is 0 Å². The molecule has 0 heterocycles. The van der Waals surface area contributed by atoms with E-state index in [1.165, 1.54) is 167 Å². The molecule has 44 heavy (non-hydrogen) atoms. The fourth-order valence-corrected chi connectivity index (χ4v) is 5.66. The normalized spacial score (nSPS) is 12.5. The molecule has 2 unspecified atom stereocenters. The van der Waals surface area contributed by atoms with Crippen LogP contribution in [0, 0.1) is 0 Å². The fraction of sp³-hybridized carbons (Fsp3) is 0.947. The highest BCUT2D eigenvalue weighted by Gasteiger charge is 2.12. The van der Waals surface area contributed by atoms with Gasteiger partial charge in [0.2, 0.25) is 0 Å². The van der Waals surface area contributed by atoms with E-state index in [0.717, 1.165) is 25.7 Å². The second-order valence-corrected chi connectivity index (χ2v) is 13.2. The van der Waals surface area contributed by atoms with Crippen molar-refractivity contribution in [1.29, 1.82) is 0 Å². The molecule has 0 amide bonds. The molecule has 0 aromatic rings. The van der Waals surface area contributed by atoms with Crippen LogP contribution < -0.4 is 0 Å². The van der Waals surface area contributed by atoms with Gasteiger partial charge in [-0.15, -0.1) is 0 Å². The zero-order chi connectivity index (χ0) is 32.9. The average molecular weight is 629 g/mol. The standard InChI is InChI=1S/C20H40O3.C18H36O3/c1-2-3-4-5-6-7-8-9-10-11-12-13-14-15-16-17-18-19(21)20(22)23;1-2-3-4-5-6-7-8-9-10-11-12-13-14-15-16-17(19)18(20)21/h19,21H,2-18H2,1H3,(H,22,23);17,19H,2-16H2,1H3,(H,20,21). The van der Waals surface area contributed by atoms with Gasteiger partial charge in [0, 0.05) is 0 Å². The van der Waals surface area contributed by atoms with E-state index in [-0.39, 0.29) is 0 Å². The first-order chi connectivity index (χ1) is 21.4. The maximum Gasteiger partial charge on any atom is 0.332 e. The first-order valence-electron chi connectivity index (χ1n) is 19.2. The molecule has 0 aromatic heterocycles. The second kappa shape index (κ2) is 38.0. The Bertz CT molecular complexity index is 582. The number of rotatable bonds is 34. The Morgan fingerprint density at radius 2 is 0.500 bits per heavy atom. The molecule has 264 valence electrons. The summed E-state index contributed by atoms with van der Waals surface area (Å²) in [4.78, 5) is 20.9. The van der Waals surface area contributed by atoms with Crippen molar-refractivity contribution in [1.82, 2.24) is 0 Å². The van der Waals surface area contributed by atoms with Crippen LogP contribution in [0.2, 0.25) is 0 Å². The van der Waals surface area contributed by atoms with Crippen molar-refractivity contribution < 1.29 is 30.0 Å². The van der Waals surface area contributed by atoms with Gasteiger partial charge in [-0.25, -0.2) is 9.59 Å². The van der Waals surface area contributed by atoms with Crippen LogP contribution in [0.15, 0.2) is 0 Å². The van der Waals surface area contributed by atoms with Gasteiger partial charge in [-0.3, -0.25) is 0 Å². The summed E-state index contributed by atoms with van der Waals surface area (Å²) in [6.07, 6.45) is 37.5. The highest BCUT2D eigenvalue weighted by atomic mass is 16.4. The zero-order valence-corrected chi connectivity index (χ0v) is 29.4. The molecule has 6 nitrogen and oxygen atoms in total. The monoisotopic (exact) mass is 629 g/mol. The van der Waals surface area contributed by atoms with E-state index in [9.17, 15) is 9.59 Å². The number of aliphatic hydroxyl groups excluding tert-OH is 2. The first kappa shape index (κ1) is 45.0. The van der Waals surface area contributed by atoms with Gasteiger partial charge in [-0.05, 0) is 12.8 Å². The van der Waals surface area contributed by atoms with E-state index < -0.39 is 24.1 Å². The van der Waals surface area contributed by atoms with E-state index >= 15 is 0 Å². The minimum Gasteiger partial charge on any atom is -0.479 e. The molecule has 0 radical (unpaired) electrons. The molecule has 0 spiro atoms. The summed E-state index contributed by atoms with van der Waals surface area (Å²) < 4.78 is 0. The topological polar surface area (TPSA) is 115 Å². The minimum atomic E-state index is -1.17.